The maximum atomic E-state index is 13.1. The number of amides is 1. The molecule has 3 rings (SSSR count). The van der Waals surface area contributed by atoms with Crippen LogP contribution >= 0.6 is 0 Å². The zero-order valence-corrected chi connectivity index (χ0v) is 12.0. The first-order chi connectivity index (χ1) is 9.49. The lowest BCUT2D eigenvalue weighted by molar-refractivity contribution is -0.132. The Morgan fingerprint density at radius 3 is 2.60 bits per heavy atom. The van der Waals surface area contributed by atoms with Gasteiger partial charge in [-0.3, -0.25) is 10.1 Å². The first-order valence-corrected chi connectivity index (χ1v) is 7.29. The Kier molecular flexibility index (Phi) is 3.28. The molecule has 2 aliphatic rings. The summed E-state index contributed by atoms with van der Waals surface area (Å²) in [5, 5.41) is 3.26. The predicted molar refractivity (Wildman–Crippen MR) is 75.4 cm³/mol. The zero-order chi connectivity index (χ0) is 14.3. The molecule has 1 aliphatic carbocycles. The smallest absolute Gasteiger partial charge is 0.238 e. The van der Waals surface area contributed by atoms with Gasteiger partial charge in [-0.2, -0.15) is 0 Å². The molecule has 2 fully saturated rings. The Labute approximate surface area is 119 Å². The van der Waals surface area contributed by atoms with Crippen molar-refractivity contribution in [2.75, 3.05) is 6.54 Å². The van der Waals surface area contributed by atoms with E-state index in [1.165, 1.54) is 12.1 Å². The number of nitrogens with one attached hydrogen (secondary N) is 1. The summed E-state index contributed by atoms with van der Waals surface area (Å²) < 4.78 is 13.1. The number of carbonyl (C=O) groups is 1. The lowest BCUT2D eigenvalue weighted by Crippen LogP contribution is -2.45. The van der Waals surface area contributed by atoms with Crippen molar-refractivity contribution in [3.8, 4) is 0 Å². The summed E-state index contributed by atoms with van der Waals surface area (Å²) in [5.74, 6) is -0.0925. The minimum atomic E-state index is -0.245. The van der Waals surface area contributed by atoms with Crippen molar-refractivity contribution in [2.45, 2.75) is 45.3 Å². The Bertz CT molecular complexity index is 512. The number of hydrogen-bond donors (Lipinski definition) is 1. The fraction of sp³-hybridized carbons (Fsp3) is 0.562. The van der Waals surface area contributed by atoms with Crippen molar-refractivity contribution in [3.63, 3.8) is 0 Å². The SMILES string of the molecule is CC1(C)CCCC1N1C(=O)CNC1c1ccc(F)cc1. The Hall–Kier alpha value is -1.42. The molecule has 1 saturated carbocycles. The number of nitrogens with zero attached hydrogens (tertiary/aromatic N) is 1. The molecule has 1 aromatic rings. The normalized spacial score (nSPS) is 29.1. The molecular formula is C16H21FN2O. The summed E-state index contributed by atoms with van der Waals surface area (Å²) >= 11 is 0. The van der Waals surface area contributed by atoms with E-state index < -0.39 is 0 Å². The third-order valence-corrected chi connectivity index (χ3v) is 4.74. The zero-order valence-electron chi connectivity index (χ0n) is 12.0. The predicted octanol–water partition coefficient (Wildman–Crippen LogP) is 2.83. The second kappa shape index (κ2) is 4.85. The highest BCUT2D eigenvalue weighted by Gasteiger charge is 2.45. The monoisotopic (exact) mass is 276 g/mol. The van der Waals surface area contributed by atoms with Crippen LogP contribution in [0.1, 0.15) is 44.8 Å². The average molecular weight is 276 g/mol. The van der Waals surface area contributed by atoms with E-state index >= 15 is 0 Å². The van der Waals surface area contributed by atoms with E-state index in [0.717, 1.165) is 24.8 Å². The van der Waals surface area contributed by atoms with Crippen LogP contribution in [0.2, 0.25) is 0 Å². The molecule has 2 unspecified atom stereocenters. The van der Waals surface area contributed by atoms with Gasteiger partial charge in [0.1, 0.15) is 12.0 Å². The second-order valence-electron chi connectivity index (χ2n) is 6.53. The van der Waals surface area contributed by atoms with Crippen LogP contribution in [0.25, 0.3) is 0 Å². The molecule has 1 heterocycles. The summed E-state index contributed by atoms with van der Waals surface area (Å²) in [4.78, 5) is 14.3. The van der Waals surface area contributed by atoms with Crippen LogP contribution in [0.5, 0.6) is 0 Å². The first-order valence-electron chi connectivity index (χ1n) is 7.29. The molecule has 2 atom stereocenters. The van der Waals surface area contributed by atoms with Crippen molar-refractivity contribution in [1.82, 2.24) is 10.2 Å². The third-order valence-electron chi connectivity index (χ3n) is 4.74. The van der Waals surface area contributed by atoms with Crippen molar-refractivity contribution >= 4 is 5.91 Å². The van der Waals surface area contributed by atoms with Crippen LogP contribution in [-0.4, -0.2) is 23.4 Å². The molecule has 1 amide bonds. The van der Waals surface area contributed by atoms with E-state index in [1.807, 2.05) is 4.90 Å². The first kappa shape index (κ1) is 13.6. The molecule has 0 spiro atoms. The van der Waals surface area contributed by atoms with E-state index in [2.05, 4.69) is 19.2 Å². The van der Waals surface area contributed by atoms with E-state index in [1.54, 1.807) is 12.1 Å². The maximum Gasteiger partial charge on any atom is 0.238 e. The van der Waals surface area contributed by atoms with Gasteiger partial charge < -0.3 is 4.90 Å². The Morgan fingerprint density at radius 2 is 2.00 bits per heavy atom. The summed E-state index contributed by atoms with van der Waals surface area (Å²) in [6.45, 7) is 4.84. The number of rotatable bonds is 2. The lowest BCUT2D eigenvalue weighted by atomic mass is 9.86. The van der Waals surface area contributed by atoms with Crippen molar-refractivity contribution in [1.29, 1.82) is 0 Å². The highest BCUT2D eigenvalue weighted by atomic mass is 19.1. The second-order valence-corrected chi connectivity index (χ2v) is 6.53. The van der Waals surface area contributed by atoms with Gasteiger partial charge in [-0.15, -0.1) is 0 Å². The van der Waals surface area contributed by atoms with E-state index in [-0.39, 0.29) is 29.3 Å². The van der Waals surface area contributed by atoms with Gasteiger partial charge in [0.25, 0.3) is 0 Å². The van der Waals surface area contributed by atoms with Crippen molar-refractivity contribution in [2.24, 2.45) is 5.41 Å². The van der Waals surface area contributed by atoms with E-state index in [0.29, 0.717) is 6.54 Å². The number of benzene rings is 1. The van der Waals surface area contributed by atoms with Crippen LogP contribution in [0, 0.1) is 11.2 Å². The molecule has 1 aliphatic heterocycles. The average Bonchev–Trinajstić information content (AvgIpc) is 2.93. The molecule has 1 aromatic carbocycles. The number of carbonyl (C=O) groups excluding carboxylic acids is 1. The van der Waals surface area contributed by atoms with Crippen LogP contribution in [-0.2, 0) is 4.79 Å². The number of hydrogen-bond acceptors (Lipinski definition) is 2. The minimum Gasteiger partial charge on any atom is -0.318 e. The summed E-state index contributed by atoms with van der Waals surface area (Å²) in [6, 6.07) is 6.71. The number of halogens is 1. The molecule has 1 saturated heterocycles. The van der Waals surface area contributed by atoms with Gasteiger partial charge in [-0.1, -0.05) is 32.4 Å². The summed E-state index contributed by atoms with van der Waals surface area (Å²) in [5.41, 5.74) is 1.11. The van der Waals surface area contributed by atoms with Crippen LogP contribution in [0.4, 0.5) is 4.39 Å². The van der Waals surface area contributed by atoms with Gasteiger partial charge in [-0.05, 0) is 36.0 Å². The molecule has 20 heavy (non-hydrogen) atoms. The molecule has 4 heteroatoms. The maximum absolute atomic E-state index is 13.1. The molecule has 0 aromatic heterocycles. The molecular weight excluding hydrogens is 255 g/mol. The molecule has 0 radical (unpaired) electrons. The largest absolute Gasteiger partial charge is 0.318 e. The van der Waals surface area contributed by atoms with Crippen molar-refractivity contribution in [3.05, 3.63) is 35.6 Å². The van der Waals surface area contributed by atoms with Gasteiger partial charge in [-0.25, -0.2) is 4.39 Å². The highest BCUT2D eigenvalue weighted by molar-refractivity contribution is 5.81. The quantitative estimate of drug-likeness (QED) is 0.901. The topological polar surface area (TPSA) is 32.3 Å². The van der Waals surface area contributed by atoms with Gasteiger partial charge >= 0.3 is 0 Å². The van der Waals surface area contributed by atoms with Gasteiger partial charge in [0.2, 0.25) is 5.91 Å². The fourth-order valence-electron chi connectivity index (χ4n) is 3.62. The van der Waals surface area contributed by atoms with Gasteiger partial charge in [0, 0.05) is 6.04 Å². The van der Waals surface area contributed by atoms with Gasteiger partial charge in [0.05, 0.1) is 6.54 Å². The van der Waals surface area contributed by atoms with Crippen molar-refractivity contribution < 1.29 is 9.18 Å². The van der Waals surface area contributed by atoms with E-state index in [9.17, 15) is 9.18 Å². The molecule has 3 nitrogen and oxygen atoms in total. The lowest BCUT2D eigenvalue weighted by Gasteiger charge is -2.38. The molecule has 108 valence electrons. The third kappa shape index (κ3) is 2.22. The summed E-state index contributed by atoms with van der Waals surface area (Å²) in [6.07, 6.45) is 3.25. The Balaban J connectivity index is 1.91. The fourth-order valence-corrected chi connectivity index (χ4v) is 3.62. The molecule has 1 N–H and O–H groups in total. The minimum absolute atomic E-state index is 0.120. The van der Waals surface area contributed by atoms with Crippen LogP contribution < -0.4 is 5.32 Å². The molecule has 0 bridgehead atoms. The van der Waals surface area contributed by atoms with E-state index in [4.69, 9.17) is 0 Å². The highest BCUT2D eigenvalue weighted by Crippen LogP contribution is 2.43. The van der Waals surface area contributed by atoms with Crippen LogP contribution in [0.15, 0.2) is 24.3 Å². The van der Waals surface area contributed by atoms with Crippen LogP contribution in [0.3, 0.4) is 0 Å². The summed E-state index contributed by atoms with van der Waals surface area (Å²) in [7, 11) is 0. The van der Waals surface area contributed by atoms with Gasteiger partial charge in [0.15, 0.2) is 0 Å². The Morgan fingerprint density at radius 1 is 1.30 bits per heavy atom. The standard InChI is InChI=1S/C16H21FN2O/c1-16(2)9-3-4-13(16)19-14(20)10-18-15(19)11-5-7-12(17)8-6-11/h5-8,13,15,18H,3-4,9-10H2,1-2H3.